The molecular weight excluding hydrogens is 617 g/mol. The molecule has 2 aliphatic heterocycles. The van der Waals surface area contributed by atoms with Gasteiger partial charge in [-0.25, -0.2) is 43.4 Å². The van der Waals surface area contributed by atoms with E-state index in [1.54, 1.807) is 0 Å². The number of phosphoric ester groups is 2. The molecule has 6 N–H and O–H groups in total. The third-order valence-corrected chi connectivity index (χ3v) is 9.69. The summed E-state index contributed by atoms with van der Waals surface area (Å²) in [5.41, 5.74) is 12.8. The first kappa shape index (κ1) is 28.6. The number of nitrogens with zero attached hydrogens (tertiary/aromatic N) is 8. The largest absolute Gasteiger partial charge is 0.472 e. The number of anilines is 2. The van der Waals surface area contributed by atoms with Crippen LogP contribution in [0.4, 0.5) is 16.0 Å². The van der Waals surface area contributed by atoms with Gasteiger partial charge >= 0.3 is 15.6 Å². The van der Waals surface area contributed by atoms with Crippen LogP contribution in [0.2, 0.25) is 0 Å². The standard InChI is InChI=1S/C21H25FN10O9P2/c22-14-10(31-7-29-15-18(23)25-5-27-20(15)31)1-9-3-37-42(33,34)40-11-2-13(32-8-30-16-19(24)26-6-28-21(16)32)39-12(11)4-38-43(35,36)41-17(9)14/h5-14,17H,1-4H2,(H,33,34)(H,35,36)(H2,23,25,27)(H2,24,26,28)/t9-,10-,11?,12-,13-,14?,17?/m1/s1. The molecule has 0 bridgehead atoms. The number of halogens is 1. The molecule has 0 aromatic carbocycles. The van der Waals surface area contributed by atoms with Gasteiger partial charge in [-0.1, -0.05) is 0 Å². The number of imidazole rings is 2. The van der Waals surface area contributed by atoms with Gasteiger partial charge in [0.2, 0.25) is 0 Å². The van der Waals surface area contributed by atoms with Crippen molar-refractivity contribution < 1.29 is 46.1 Å². The highest BCUT2D eigenvalue weighted by Crippen LogP contribution is 2.55. The number of hydrogen-bond acceptors (Lipinski definition) is 15. The minimum absolute atomic E-state index is 0.0206. The highest BCUT2D eigenvalue weighted by atomic mass is 31.2. The first-order chi connectivity index (χ1) is 20.5. The molecule has 230 valence electrons. The first-order valence-corrected chi connectivity index (χ1v) is 16.0. The van der Waals surface area contributed by atoms with Gasteiger partial charge in [0.05, 0.1) is 31.9 Å². The van der Waals surface area contributed by atoms with Crippen LogP contribution in [0.5, 0.6) is 0 Å². The van der Waals surface area contributed by atoms with Crippen molar-refractivity contribution in [1.29, 1.82) is 0 Å². The average molecular weight is 642 g/mol. The monoisotopic (exact) mass is 642 g/mol. The molecular formula is C21H25FN10O9P2. The van der Waals surface area contributed by atoms with E-state index in [-0.39, 0.29) is 35.6 Å². The zero-order chi connectivity index (χ0) is 30.1. The lowest BCUT2D eigenvalue weighted by Gasteiger charge is -2.28. The van der Waals surface area contributed by atoms with E-state index in [0.29, 0.717) is 11.2 Å². The molecule has 7 rings (SSSR count). The van der Waals surface area contributed by atoms with Crippen molar-refractivity contribution in [3.05, 3.63) is 25.3 Å². The molecule has 0 radical (unpaired) electrons. The topological polar surface area (TPSA) is 260 Å². The summed E-state index contributed by atoms with van der Waals surface area (Å²) in [6.07, 6.45) is -1.54. The quantitative estimate of drug-likeness (QED) is 0.223. The Labute approximate surface area is 240 Å². The number of rotatable bonds is 2. The second-order valence-electron chi connectivity index (χ2n) is 10.3. The van der Waals surface area contributed by atoms with Crippen molar-refractivity contribution in [2.24, 2.45) is 5.92 Å². The fourth-order valence-corrected chi connectivity index (χ4v) is 7.69. The summed E-state index contributed by atoms with van der Waals surface area (Å²) in [4.78, 5) is 45.6. The Balaban J connectivity index is 1.15. The minimum atomic E-state index is -4.90. The summed E-state index contributed by atoms with van der Waals surface area (Å²) in [6.45, 7) is -1.16. The lowest BCUT2D eigenvalue weighted by molar-refractivity contribution is -0.0541. The van der Waals surface area contributed by atoms with E-state index < -0.39 is 71.5 Å². The number of fused-ring (bicyclic) bond motifs is 4. The van der Waals surface area contributed by atoms with Crippen LogP contribution in [0.15, 0.2) is 25.3 Å². The Hall–Kier alpha value is -3.19. The summed E-state index contributed by atoms with van der Waals surface area (Å²) in [5, 5.41) is 0. The third-order valence-electron chi connectivity index (χ3n) is 7.69. The Kier molecular flexibility index (Phi) is 6.95. The number of aromatic nitrogens is 8. The summed E-state index contributed by atoms with van der Waals surface area (Å²) in [6, 6.07) is -1.01. The molecule has 3 aliphatic rings. The van der Waals surface area contributed by atoms with Crippen LogP contribution < -0.4 is 11.5 Å². The summed E-state index contributed by atoms with van der Waals surface area (Å²) in [5.74, 6) is -0.754. The highest BCUT2D eigenvalue weighted by Gasteiger charge is 2.51. The van der Waals surface area contributed by atoms with Gasteiger partial charge in [-0.05, 0) is 6.42 Å². The molecule has 4 aromatic rings. The van der Waals surface area contributed by atoms with Gasteiger partial charge in [0.15, 0.2) is 22.9 Å². The van der Waals surface area contributed by atoms with Crippen molar-refractivity contribution >= 4 is 49.6 Å². The summed E-state index contributed by atoms with van der Waals surface area (Å²) in [7, 11) is -9.67. The van der Waals surface area contributed by atoms with Crippen molar-refractivity contribution in [3.8, 4) is 0 Å². The van der Waals surface area contributed by atoms with Crippen LogP contribution in [0, 0.1) is 5.92 Å². The average Bonchev–Trinajstić information content (AvgIpc) is 3.72. The molecule has 5 unspecified atom stereocenters. The molecule has 4 aromatic heterocycles. The van der Waals surface area contributed by atoms with Crippen molar-refractivity contribution in [2.45, 2.75) is 49.6 Å². The van der Waals surface area contributed by atoms with Gasteiger partial charge in [0.25, 0.3) is 0 Å². The van der Waals surface area contributed by atoms with E-state index in [0.717, 1.165) is 0 Å². The van der Waals surface area contributed by atoms with Gasteiger partial charge in [0, 0.05) is 12.3 Å². The van der Waals surface area contributed by atoms with Crippen molar-refractivity contribution in [2.75, 3.05) is 24.7 Å². The van der Waals surface area contributed by atoms with E-state index in [9.17, 15) is 18.9 Å². The normalized spacial score (nSPS) is 37.1. The van der Waals surface area contributed by atoms with Gasteiger partial charge in [-0.3, -0.25) is 22.7 Å². The Morgan fingerprint density at radius 2 is 1.42 bits per heavy atom. The van der Waals surface area contributed by atoms with Crippen molar-refractivity contribution in [3.63, 3.8) is 0 Å². The molecule has 1 saturated carbocycles. The molecule has 43 heavy (non-hydrogen) atoms. The van der Waals surface area contributed by atoms with E-state index >= 15 is 4.39 Å². The smallest absolute Gasteiger partial charge is 0.382 e. The Morgan fingerprint density at radius 3 is 2.12 bits per heavy atom. The Bertz CT molecular complexity index is 1790. The molecule has 22 heteroatoms. The zero-order valence-electron chi connectivity index (χ0n) is 21.9. The lowest BCUT2D eigenvalue weighted by Crippen LogP contribution is -2.33. The van der Waals surface area contributed by atoms with Gasteiger partial charge in [-0.15, -0.1) is 0 Å². The number of phosphoric acid groups is 2. The molecule has 1 aliphatic carbocycles. The number of nitrogens with two attached hydrogens (primary N) is 2. The zero-order valence-corrected chi connectivity index (χ0v) is 23.7. The fraction of sp³-hybridized carbons (Fsp3) is 0.524. The van der Waals surface area contributed by atoms with Gasteiger partial charge < -0.3 is 30.6 Å². The van der Waals surface area contributed by atoms with Crippen LogP contribution in [-0.4, -0.2) is 86.5 Å². The van der Waals surface area contributed by atoms with Crippen molar-refractivity contribution in [1.82, 2.24) is 39.0 Å². The van der Waals surface area contributed by atoms with Crippen LogP contribution in [-0.2, 0) is 32.0 Å². The van der Waals surface area contributed by atoms with Crippen LogP contribution in [0.3, 0.4) is 0 Å². The van der Waals surface area contributed by atoms with E-state index in [1.807, 2.05) is 0 Å². The molecule has 9 atom stereocenters. The summed E-state index contributed by atoms with van der Waals surface area (Å²) < 4.78 is 72.2. The Morgan fingerprint density at radius 1 is 0.814 bits per heavy atom. The molecule has 0 amide bonds. The number of nitrogen functional groups attached to an aromatic ring is 2. The highest BCUT2D eigenvalue weighted by molar-refractivity contribution is 7.47. The number of ether oxygens (including phenoxy) is 1. The van der Waals surface area contributed by atoms with Crippen LogP contribution >= 0.6 is 15.6 Å². The van der Waals surface area contributed by atoms with Crippen LogP contribution in [0.25, 0.3) is 22.3 Å². The SMILES string of the molecule is Nc1ncnc2c1ncn2[C@@H]1C[C@@H]2COP(=O)(O)OC3C[C@H](n4cnc5c(N)ncnc54)O[C@@H]3COP(=O)(O)OC2C1F. The third kappa shape index (κ3) is 5.17. The van der Waals surface area contributed by atoms with E-state index in [2.05, 4.69) is 29.9 Å². The van der Waals surface area contributed by atoms with E-state index in [4.69, 9.17) is 34.3 Å². The molecule has 0 spiro atoms. The predicted molar refractivity (Wildman–Crippen MR) is 141 cm³/mol. The lowest BCUT2D eigenvalue weighted by atomic mass is 10.1. The first-order valence-electron chi connectivity index (χ1n) is 13.0. The van der Waals surface area contributed by atoms with Gasteiger partial charge in [-0.2, -0.15) is 0 Å². The van der Waals surface area contributed by atoms with E-state index in [1.165, 1.54) is 34.4 Å². The second-order valence-corrected chi connectivity index (χ2v) is 13.1. The molecule has 6 heterocycles. The summed E-state index contributed by atoms with van der Waals surface area (Å²) >= 11 is 0. The molecule has 2 saturated heterocycles. The van der Waals surface area contributed by atoms with Crippen LogP contribution in [0.1, 0.15) is 25.1 Å². The predicted octanol–water partition coefficient (Wildman–Crippen LogP) is 1.04. The number of hydrogen-bond donors (Lipinski definition) is 4. The minimum Gasteiger partial charge on any atom is -0.382 e. The fourth-order valence-electron chi connectivity index (χ4n) is 5.70. The molecule has 19 nitrogen and oxygen atoms in total. The number of alkyl halides is 1. The maximum atomic E-state index is 16.0. The van der Waals surface area contributed by atoms with Gasteiger partial charge in [0.1, 0.15) is 54.4 Å². The second kappa shape index (κ2) is 10.5. The molecule has 3 fully saturated rings. The maximum absolute atomic E-state index is 16.0. The maximum Gasteiger partial charge on any atom is 0.472 e.